The minimum Gasteiger partial charge on any atom is -0.380 e. The Bertz CT molecular complexity index is 197. The van der Waals surface area contributed by atoms with Crippen LogP contribution in [0.3, 0.4) is 0 Å². The summed E-state index contributed by atoms with van der Waals surface area (Å²) in [6.07, 6.45) is 3.41. The third-order valence-electron chi connectivity index (χ3n) is 2.79. The molecule has 88 valence electrons. The zero-order chi connectivity index (χ0) is 11.1. The molecule has 1 aliphatic heterocycles. The molecular weight excluding hydrogens is 192 g/mol. The van der Waals surface area contributed by atoms with Crippen LogP contribution < -0.4 is 5.32 Å². The largest absolute Gasteiger partial charge is 0.380 e. The summed E-state index contributed by atoms with van der Waals surface area (Å²) in [5.74, 6) is 0.196. The molecule has 1 saturated heterocycles. The van der Waals surface area contributed by atoms with Crippen LogP contribution in [-0.4, -0.2) is 50.2 Å². The minimum atomic E-state index is 0.196. The number of hydrogen-bond donors (Lipinski definition) is 1. The lowest BCUT2D eigenvalue weighted by atomic mass is 10.0. The first-order valence-corrected chi connectivity index (χ1v) is 5.81. The van der Waals surface area contributed by atoms with Crippen molar-refractivity contribution in [2.75, 3.05) is 33.4 Å². The Morgan fingerprint density at radius 2 is 2.33 bits per heavy atom. The molecule has 0 unspecified atom stereocenters. The van der Waals surface area contributed by atoms with Crippen molar-refractivity contribution in [3.05, 3.63) is 0 Å². The molecular formula is C11H22N2O2. The van der Waals surface area contributed by atoms with Crippen LogP contribution in [-0.2, 0) is 9.53 Å². The summed E-state index contributed by atoms with van der Waals surface area (Å²) >= 11 is 0. The maximum absolute atomic E-state index is 11.8. The number of likely N-dealkylation sites (N-methyl/N-ethyl adjacent to an activating group) is 1. The molecule has 1 atom stereocenters. The maximum Gasteiger partial charge on any atom is 0.236 e. The highest BCUT2D eigenvalue weighted by Gasteiger charge is 2.25. The number of ether oxygens (including phenoxy) is 1. The van der Waals surface area contributed by atoms with E-state index in [0.717, 1.165) is 26.0 Å². The summed E-state index contributed by atoms with van der Waals surface area (Å²) in [7, 11) is 1.80. The number of piperidine rings is 1. The fourth-order valence-corrected chi connectivity index (χ4v) is 2.01. The predicted octanol–water partition coefficient (Wildman–Crippen LogP) is 0.623. The highest BCUT2D eigenvalue weighted by molar-refractivity contribution is 5.78. The first kappa shape index (κ1) is 12.5. The van der Waals surface area contributed by atoms with Crippen molar-refractivity contribution >= 4 is 5.91 Å². The number of nitrogens with one attached hydrogen (secondary N) is 1. The van der Waals surface area contributed by atoms with E-state index in [-0.39, 0.29) is 5.91 Å². The second kappa shape index (κ2) is 6.80. The van der Waals surface area contributed by atoms with Crippen LogP contribution >= 0.6 is 0 Å². The zero-order valence-corrected chi connectivity index (χ0v) is 9.79. The summed E-state index contributed by atoms with van der Waals surface area (Å²) in [6, 6.07) is 0.291. The van der Waals surface area contributed by atoms with Crippen molar-refractivity contribution in [3.8, 4) is 0 Å². The second-order valence-electron chi connectivity index (χ2n) is 3.93. The molecule has 0 aromatic rings. The average Bonchev–Trinajstić information content (AvgIpc) is 2.27. The third-order valence-corrected chi connectivity index (χ3v) is 2.79. The first-order chi connectivity index (χ1) is 7.29. The van der Waals surface area contributed by atoms with Crippen molar-refractivity contribution in [2.24, 2.45) is 0 Å². The number of hydrogen-bond acceptors (Lipinski definition) is 3. The molecule has 1 N–H and O–H groups in total. The standard InChI is InChI=1S/C11H22N2O2/c1-3-15-9-10-6-4-5-7-13(10)11(14)8-12-2/h10,12H,3-9H2,1-2H3/t10-/m1/s1. The van der Waals surface area contributed by atoms with E-state index in [9.17, 15) is 4.79 Å². The molecule has 1 aliphatic rings. The van der Waals surface area contributed by atoms with Gasteiger partial charge in [-0.1, -0.05) is 0 Å². The summed E-state index contributed by atoms with van der Waals surface area (Å²) in [5.41, 5.74) is 0. The van der Waals surface area contributed by atoms with E-state index in [4.69, 9.17) is 4.74 Å². The molecule has 0 saturated carbocycles. The van der Waals surface area contributed by atoms with Gasteiger partial charge in [-0.05, 0) is 33.2 Å². The minimum absolute atomic E-state index is 0.196. The van der Waals surface area contributed by atoms with Gasteiger partial charge in [0.05, 0.1) is 19.2 Å². The predicted molar refractivity (Wildman–Crippen MR) is 59.8 cm³/mol. The Balaban J connectivity index is 2.45. The summed E-state index contributed by atoms with van der Waals surface area (Å²) < 4.78 is 5.42. The lowest BCUT2D eigenvalue weighted by Crippen LogP contribution is -2.48. The van der Waals surface area contributed by atoms with Gasteiger partial charge in [-0.25, -0.2) is 0 Å². The smallest absolute Gasteiger partial charge is 0.236 e. The number of rotatable bonds is 5. The van der Waals surface area contributed by atoms with Crippen molar-refractivity contribution < 1.29 is 9.53 Å². The molecule has 1 rings (SSSR count). The summed E-state index contributed by atoms with van der Waals surface area (Å²) in [5, 5.41) is 2.91. The lowest BCUT2D eigenvalue weighted by Gasteiger charge is -2.35. The second-order valence-corrected chi connectivity index (χ2v) is 3.93. The van der Waals surface area contributed by atoms with Gasteiger partial charge in [0, 0.05) is 13.2 Å². The third kappa shape index (κ3) is 3.80. The lowest BCUT2D eigenvalue weighted by molar-refractivity contribution is -0.135. The molecule has 4 nitrogen and oxygen atoms in total. The van der Waals surface area contributed by atoms with Gasteiger partial charge in [0.15, 0.2) is 0 Å². The summed E-state index contributed by atoms with van der Waals surface area (Å²) in [6.45, 7) is 4.72. The topological polar surface area (TPSA) is 41.6 Å². The molecule has 0 aliphatic carbocycles. The van der Waals surface area contributed by atoms with Gasteiger partial charge in [0.1, 0.15) is 0 Å². The number of nitrogens with zero attached hydrogens (tertiary/aromatic N) is 1. The van der Waals surface area contributed by atoms with Gasteiger partial charge in [0.2, 0.25) is 5.91 Å². The van der Waals surface area contributed by atoms with E-state index in [0.29, 0.717) is 19.2 Å². The van der Waals surface area contributed by atoms with E-state index >= 15 is 0 Å². The maximum atomic E-state index is 11.8. The van der Waals surface area contributed by atoms with Gasteiger partial charge < -0.3 is 15.0 Å². The molecule has 0 spiro atoms. The Hall–Kier alpha value is -0.610. The monoisotopic (exact) mass is 214 g/mol. The Morgan fingerprint density at radius 3 is 3.00 bits per heavy atom. The fourth-order valence-electron chi connectivity index (χ4n) is 2.01. The Labute approximate surface area is 92.0 Å². The van der Waals surface area contributed by atoms with E-state index in [1.54, 1.807) is 7.05 Å². The van der Waals surface area contributed by atoms with Crippen molar-refractivity contribution in [1.29, 1.82) is 0 Å². The average molecular weight is 214 g/mol. The number of carbonyl (C=O) groups excluding carboxylic acids is 1. The molecule has 4 heteroatoms. The normalized spacial score (nSPS) is 21.7. The van der Waals surface area contributed by atoms with Crippen molar-refractivity contribution in [2.45, 2.75) is 32.2 Å². The molecule has 1 amide bonds. The fraction of sp³-hybridized carbons (Fsp3) is 0.909. The zero-order valence-electron chi connectivity index (χ0n) is 9.79. The van der Waals surface area contributed by atoms with Crippen LogP contribution in [0, 0.1) is 0 Å². The van der Waals surface area contributed by atoms with Gasteiger partial charge in [-0.2, -0.15) is 0 Å². The Kier molecular flexibility index (Phi) is 5.65. The SMILES string of the molecule is CCOC[C@H]1CCCCN1C(=O)CNC. The van der Waals surface area contributed by atoms with Crippen LogP contribution in [0.4, 0.5) is 0 Å². The van der Waals surface area contributed by atoms with Crippen LogP contribution in [0.15, 0.2) is 0 Å². The molecule has 0 aromatic heterocycles. The number of carbonyl (C=O) groups is 1. The molecule has 15 heavy (non-hydrogen) atoms. The molecule has 0 radical (unpaired) electrons. The van der Waals surface area contributed by atoms with Gasteiger partial charge in [0.25, 0.3) is 0 Å². The molecule has 0 bridgehead atoms. The van der Waals surface area contributed by atoms with E-state index < -0.39 is 0 Å². The highest BCUT2D eigenvalue weighted by Crippen LogP contribution is 2.17. The molecule has 0 aromatic carbocycles. The van der Waals surface area contributed by atoms with E-state index in [1.165, 1.54) is 6.42 Å². The van der Waals surface area contributed by atoms with Crippen molar-refractivity contribution in [1.82, 2.24) is 10.2 Å². The van der Waals surface area contributed by atoms with Crippen LogP contribution in [0.5, 0.6) is 0 Å². The van der Waals surface area contributed by atoms with Gasteiger partial charge in [-0.3, -0.25) is 4.79 Å². The van der Waals surface area contributed by atoms with Gasteiger partial charge >= 0.3 is 0 Å². The molecule has 1 fully saturated rings. The number of likely N-dealkylation sites (tertiary alicyclic amines) is 1. The number of amides is 1. The van der Waals surface area contributed by atoms with Gasteiger partial charge in [-0.15, -0.1) is 0 Å². The van der Waals surface area contributed by atoms with E-state index in [1.807, 2.05) is 11.8 Å². The Morgan fingerprint density at radius 1 is 1.53 bits per heavy atom. The van der Waals surface area contributed by atoms with Crippen LogP contribution in [0.1, 0.15) is 26.2 Å². The van der Waals surface area contributed by atoms with Crippen molar-refractivity contribution in [3.63, 3.8) is 0 Å². The quantitative estimate of drug-likeness (QED) is 0.729. The molecule has 1 heterocycles. The summed E-state index contributed by atoms with van der Waals surface area (Å²) in [4.78, 5) is 13.7. The van der Waals surface area contributed by atoms with E-state index in [2.05, 4.69) is 5.32 Å². The van der Waals surface area contributed by atoms with Crippen LogP contribution in [0.2, 0.25) is 0 Å². The van der Waals surface area contributed by atoms with Crippen LogP contribution in [0.25, 0.3) is 0 Å². The first-order valence-electron chi connectivity index (χ1n) is 5.81. The highest BCUT2D eigenvalue weighted by atomic mass is 16.5.